The first-order valence-electron chi connectivity index (χ1n) is 7.20. The van der Waals surface area contributed by atoms with Gasteiger partial charge in [-0.05, 0) is 19.3 Å². The monoisotopic (exact) mass is 264 g/mol. The molecule has 0 bridgehead atoms. The summed E-state index contributed by atoms with van der Waals surface area (Å²) in [6, 6.07) is 2.11. The van der Waals surface area contributed by atoms with Crippen LogP contribution in [0.3, 0.4) is 0 Å². The third-order valence-corrected chi connectivity index (χ3v) is 3.57. The van der Waals surface area contributed by atoms with Crippen molar-refractivity contribution in [3.05, 3.63) is 17.5 Å². The molecule has 4 nitrogen and oxygen atoms in total. The lowest BCUT2D eigenvalue weighted by molar-refractivity contribution is -0.140. The molecule has 1 aliphatic rings. The smallest absolute Gasteiger partial charge is 0.228 e. The second-order valence-electron chi connectivity index (χ2n) is 6.37. The second kappa shape index (κ2) is 5.35. The van der Waals surface area contributed by atoms with Gasteiger partial charge in [0.1, 0.15) is 11.5 Å². The van der Waals surface area contributed by atoms with Gasteiger partial charge < -0.3 is 9.42 Å². The second-order valence-corrected chi connectivity index (χ2v) is 6.37. The first kappa shape index (κ1) is 14.1. The van der Waals surface area contributed by atoms with Crippen LogP contribution in [-0.2, 0) is 11.2 Å². The third-order valence-electron chi connectivity index (χ3n) is 3.57. The molecule has 0 spiro atoms. The van der Waals surface area contributed by atoms with Gasteiger partial charge in [0.15, 0.2) is 0 Å². The molecule has 19 heavy (non-hydrogen) atoms. The van der Waals surface area contributed by atoms with Gasteiger partial charge in [-0.15, -0.1) is 0 Å². The van der Waals surface area contributed by atoms with Crippen molar-refractivity contribution in [1.82, 2.24) is 10.1 Å². The molecule has 1 atom stereocenters. The Morgan fingerprint density at radius 1 is 1.53 bits per heavy atom. The topological polar surface area (TPSA) is 46.3 Å². The summed E-state index contributed by atoms with van der Waals surface area (Å²) in [5, 5.41) is 4.16. The average molecular weight is 264 g/mol. The molecule has 4 heteroatoms. The van der Waals surface area contributed by atoms with E-state index >= 15 is 0 Å². The quantitative estimate of drug-likeness (QED) is 0.841. The van der Waals surface area contributed by atoms with Crippen molar-refractivity contribution in [2.24, 2.45) is 5.41 Å². The summed E-state index contributed by atoms with van der Waals surface area (Å²) in [4.78, 5) is 14.4. The number of rotatable bonds is 3. The fourth-order valence-corrected chi connectivity index (χ4v) is 2.60. The predicted octanol–water partition coefficient (Wildman–Crippen LogP) is 3.34. The summed E-state index contributed by atoms with van der Waals surface area (Å²) < 4.78 is 5.34. The van der Waals surface area contributed by atoms with Crippen LogP contribution in [0, 0.1) is 5.41 Å². The normalized spacial score (nSPS) is 20.0. The number of aromatic nitrogens is 1. The van der Waals surface area contributed by atoms with Crippen molar-refractivity contribution >= 4 is 5.91 Å². The zero-order chi connectivity index (χ0) is 14.0. The zero-order valence-electron chi connectivity index (χ0n) is 12.4. The Labute approximate surface area is 115 Å². The van der Waals surface area contributed by atoms with Crippen LogP contribution >= 0.6 is 0 Å². The molecule has 1 aliphatic heterocycles. The summed E-state index contributed by atoms with van der Waals surface area (Å²) in [5.74, 6) is 1.13. The number of hydrogen-bond donors (Lipinski definition) is 0. The van der Waals surface area contributed by atoms with E-state index in [1.165, 1.54) is 0 Å². The molecular weight excluding hydrogens is 240 g/mol. The molecular formula is C15H24N2O2. The SMILES string of the molecule is CCCc1cc([C@H]2CCCN2C(=O)C(C)(C)C)no1. The largest absolute Gasteiger partial charge is 0.361 e. The van der Waals surface area contributed by atoms with E-state index in [4.69, 9.17) is 4.52 Å². The van der Waals surface area contributed by atoms with E-state index in [-0.39, 0.29) is 17.4 Å². The van der Waals surface area contributed by atoms with Crippen molar-refractivity contribution in [3.63, 3.8) is 0 Å². The molecule has 0 unspecified atom stereocenters. The molecule has 2 heterocycles. The highest BCUT2D eigenvalue weighted by Gasteiger charge is 2.37. The van der Waals surface area contributed by atoms with Gasteiger partial charge >= 0.3 is 0 Å². The van der Waals surface area contributed by atoms with Gasteiger partial charge in [-0.3, -0.25) is 4.79 Å². The lowest BCUT2D eigenvalue weighted by Crippen LogP contribution is -2.39. The number of carbonyl (C=O) groups is 1. The molecule has 1 amide bonds. The van der Waals surface area contributed by atoms with E-state index < -0.39 is 0 Å². The van der Waals surface area contributed by atoms with Crippen molar-refractivity contribution in [2.45, 2.75) is 59.4 Å². The zero-order valence-corrected chi connectivity index (χ0v) is 12.4. The van der Waals surface area contributed by atoms with Crippen molar-refractivity contribution in [3.8, 4) is 0 Å². The lowest BCUT2D eigenvalue weighted by Gasteiger charge is -2.29. The average Bonchev–Trinajstić information content (AvgIpc) is 2.94. The summed E-state index contributed by atoms with van der Waals surface area (Å²) in [7, 11) is 0. The molecule has 0 radical (unpaired) electrons. The number of nitrogens with zero attached hydrogens (tertiary/aromatic N) is 2. The van der Waals surface area contributed by atoms with Crippen LogP contribution in [-0.4, -0.2) is 22.5 Å². The van der Waals surface area contributed by atoms with E-state index in [1.54, 1.807) is 0 Å². The number of aryl methyl sites for hydroxylation is 1. The van der Waals surface area contributed by atoms with E-state index in [1.807, 2.05) is 31.7 Å². The molecule has 0 N–H and O–H groups in total. The number of carbonyl (C=O) groups excluding carboxylic acids is 1. The Kier molecular flexibility index (Phi) is 3.97. The van der Waals surface area contributed by atoms with Crippen LogP contribution in [0.5, 0.6) is 0 Å². The predicted molar refractivity (Wildman–Crippen MR) is 73.6 cm³/mol. The van der Waals surface area contributed by atoms with Gasteiger partial charge in [0, 0.05) is 24.4 Å². The Balaban J connectivity index is 2.16. The van der Waals surface area contributed by atoms with Gasteiger partial charge in [-0.2, -0.15) is 0 Å². The first-order valence-corrected chi connectivity index (χ1v) is 7.20. The van der Waals surface area contributed by atoms with E-state index in [0.29, 0.717) is 0 Å². The number of likely N-dealkylation sites (tertiary alicyclic amines) is 1. The van der Waals surface area contributed by atoms with Gasteiger partial charge in [0.25, 0.3) is 0 Å². The molecule has 1 aromatic heterocycles. The highest BCUT2D eigenvalue weighted by atomic mass is 16.5. The highest BCUT2D eigenvalue weighted by molar-refractivity contribution is 5.82. The fourth-order valence-electron chi connectivity index (χ4n) is 2.60. The van der Waals surface area contributed by atoms with Crippen molar-refractivity contribution < 1.29 is 9.32 Å². The Morgan fingerprint density at radius 3 is 2.89 bits per heavy atom. The van der Waals surface area contributed by atoms with Gasteiger partial charge in [-0.1, -0.05) is 32.9 Å². The maximum Gasteiger partial charge on any atom is 0.228 e. The van der Waals surface area contributed by atoms with Crippen LogP contribution in [0.15, 0.2) is 10.6 Å². The third kappa shape index (κ3) is 2.99. The maximum atomic E-state index is 12.5. The van der Waals surface area contributed by atoms with Crippen LogP contribution in [0.1, 0.15) is 64.5 Å². The molecule has 1 fully saturated rings. The minimum Gasteiger partial charge on any atom is -0.361 e. The summed E-state index contributed by atoms with van der Waals surface area (Å²) >= 11 is 0. The van der Waals surface area contributed by atoms with E-state index in [0.717, 1.165) is 43.7 Å². The van der Waals surface area contributed by atoms with Crippen molar-refractivity contribution in [1.29, 1.82) is 0 Å². The minimum absolute atomic E-state index is 0.0982. The van der Waals surface area contributed by atoms with Crippen LogP contribution in [0.4, 0.5) is 0 Å². The summed E-state index contributed by atoms with van der Waals surface area (Å²) in [5.41, 5.74) is 0.581. The Morgan fingerprint density at radius 2 is 2.26 bits per heavy atom. The number of amides is 1. The molecule has 1 saturated heterocycles. The first-order chi connectivity index (χ1) is 8.93. The molecule has 0 saturated carbocycles. The van der Waals surface area contributed by atoms with Gasteiger partial charge in [0.2, 0.25) is 5.91 Å². The maximum absolute atomic E-state index is 12.5. The molecule has 106 valence electrons. The van der Waals surface area contributed by atoms with E-state index in [2.05, 4.69) is 12.1 Å². The summed E-state index contributed by atoms with van der Waals surface area (Å²) in [6.07, 6.45) is 3.99. The number of hydrogen-bond acceptors (Lipinski definition) is 3. The van der Waals surface area contributed by atoms with Gasteiger partial charge in [-0.25, -0.2) is 0 Å². The fraction of sp³-hybridized carbons (Fsp3) is 0.733. The standard InChI is InChI=1S/C15H24N2O2/c1-5-7-11-10-12(16-19-11)13-8-6-9-17(13)14(18)15(2,3)4/h10,13H,5-9H2,1-4H3/t13-/m1/s1. The Hall–Kier alpha value is -1.32. The van der Waals surface area contributed by atoms with Gasteiger partial charge in [0.05, 0.1) is 6.04 Å². The lowest BCUT2D eigenvalue weighted by atomic mass is 9.94. The molecule has 0 aromatic carbocycles. The van der Waals surface area contributed by atoms with Crippen molar-refractivity contribution in [2.75, 3.05) is 6.54 Å². The molecule has 0 aliphatic carbocycles. The minimum atomic E-state index is -0.335. The van der Waals surface area contributed by atoms with E-state index in [9.17, 15) is 4.79 Å². The van der Waals surface area contributed by atoms with Crippen LogP contribution < -0.4 is 0 Å². The molecule has 2 rings (SSSR count). The van der Waals surface area contributed by atoms with Crippen LogP contribution in [0.2, 0.25) is 0 Å². The highest BCUT2D eigenvalue weighted by Crippen LogP contribution is 2.35. The molecule has 1 aromatic rings. The Bertz CT molecular complexity index is 445. The summed E-state index contributed by atoms with van der Waals surface area (Å²) in [6.45, 7) is 8.85. The van der Waals surface area contributed by atoms with Crippen LogP contribution in [0.25, 0.3) is 0 Å².